The lowest BCUT2D eigenvalue weighted by Gasteiger charge is -2.05. The number of benzene rings is 2. The lowest BCUT2D eigenvalue weighted by molar-refractivity contribution is 0.0955. The van der Waals surface area contributed by atoms with E-state index in [1.54, 1.807) is 10.7 Å². The monoisotopic (exact) mass is 432 g/mol. The molecule has 0 radical (unpaired) electrons. The average molecular weight is 432 g/mol. The summed E-state index contributed by atoms with van der Waals surface area (Å²) >= 11 is 2.17. The molecule has 1 N–H and O–H groups in total. The molecular formula is C16H13IN6O. The molecule has 0 spiro atoms. The number of amides is 1. The maximum atomic E-state index is 12.1. The molecule has 0 atom stereocenters. The van der Waals surface area contributed by atoms with Crippen LogP contribution in [0, 0.1) is 3.57 Å². The van der Waals surface area contributed by atoms with Crippen LogP contribution in [-0.4, -0.2) is 31.8 Å². The van der Waals surface area contributed by atoms with E-state index in [2.05, 4.69) is 48.6 Å². The van der Waals surface area contributed by atoms with E-state index in [0.717, 1.165) is 14.8 Å². The minimum absolute atomic E-state index is 0.238. The van der Waals surface area contributed by atoms with E-state index in [4.69, 9.17) is 0 Å². The largest absolute Gasteiger partial charge is 0.271 e. The van der Waals surface area contributed by atoms with Gasteiger partial charge in [-0.1, -0.05) is 18.2 Å². The van der Waals surface area contributed by atoms with Crippen molar-refractivity contribution >= 4 is 34.2 Å². The Kier molecular flexibility index (Phi) is 4.94. The zero-order valence-electron chi connectivity index (χ0n) is 12.7. The van der Waals surface area contributed by atoms with E-state index in [-0.39, 0.29) is 5.91 Å². The molecule has 0 aliphatic heterocycles. The van der Waals surface area contributed by atoms with Gasteiger partial charge in [0.1, 0.15) is 6.33 Å². The average Bonchev–Trinajstić information content (AvgIpc) is 3.14. The van der Waals surface area contributed by atoms with Gasteiger partial charge in [0, 0.05) is 9.13 Å². The van der Waals surface area contributed by atoms with Gasteiger partial charge in [-0.05, 0) is 75.8 Å². The maximum absolute atomic E-state index is 12.1. The molecule has 2 aromatic carbocycles. The van der Waals surface area contributed by atoms with Crippen LogP contribution in [0.1, 0.15) is 22.8 Å². The fourth-order valence-electron chi connectivity index (χ4n) is 2.03. The fraction of sp³-hybridized carbons (Fsp3) is 0.0625. The molecule has 24 heavy (non-hydrogen) atoms. The van der Waals surface area contributed by atoms with Crippen molar-refractivity contribution in [2.24, 2.45) is 5.10 Å². The second kappa shape index (κ2) is 7.30. The molecule has 0 unspecified atom stereocenters. The molecular weight excluding hydrogens is 419 g/mol. The van der Waals surface area contributed by atoms with Crippen LogP contribution < -0.4 is 5.43 Å². The van der Waals surface area contributed by atoms with Crippen molar-refractivity contribution in [3.63, 3.8) is 0 Å². The van der Waals surface area contributed by atoms with E-state index in [1.165, 1.54) is 6.33 Å². The summed E-state index contributed by atoms with van der Waals surface area (Å²) in [7, 11) is 0. The lowest BCUT2D eigenvalue weighted by Crippen LogP contribution is -2.19. The Morgan fingerprint density at radius 3 is 2.62 bits per heavy atom. The van der Waals surface area contributed by atoms with Gasteiger partial charge in [0.05, 0.1) is 11.4 Å². The first kappa shape index (κ1) is 16.2. The number of aromatic nitrogens is 4. The number of nitrogens with zero attached hydrogens (tertiary/aromatic N) is 5. The molecule has 8 heteroatoms. The van der Waals surface area contributed by atoms with Crippen molar-refractivity contribution in [3.8, 4) is 5.69 Å². The predicted molar refractivity (Wildman–Crippen MR) is 98.0 cm³/mol. The summed E-state index contributed by atoms with van der Waals surface area (Å²) in [6.45, 7) is 1.83. The highest BCUT2D eigenvalue weighted by Gasteiger charge is 2.05. The van der Waals surface area contributed by atoms with Crippen LogP contribution in [0.2, 0.25) is 0 Å². The highest BCUT2D eigenvalue weighted by atomic mass is 127. The van der Waals surface area contributed by atoms with Crippen LogP contribution in [0.15, 0.2) is 60.0 Å². The third kappa shape index (κ3) is 3.82. The third-order valence-corrected chi connectivity index (χ3v) is 3.98. The lowest BCUT2D eigenvalue weighted by atomic mass is 10.1. The highest BCUT2D eigenvalue weighted by Crippen LogP contribution is 2.10. The van der Waals surface area contributed by atoms with E-state index < -0.39 is 0 Å². The van der Waals surface area contributed by atoms with Crippen molar-refractivity contribution in [1.82, 2.24) is 25.6 Å². The molecule has 1 heterocycles. The smallest absolute Gasteiger partial charge is 0.267 e. The second-order valence-electron chi connectivity index (χ2n) is 4.95. The summed E-state index contributed by atoms with van der Waals surface area (Å²) in [5.41, 5.74) is 5.60. The number of tetrazole rings is 1. The number of carbonyl (C=O) groups excluding carboxylic acids is 1. The summed E-state index contributed by atoms with van der Waals surface area (Å²) in [6, 6.07) is 14.9. The fourth-order valence-corrected chi connectivity index (χ4v) is 2.57. The summed E-state index contributed by atoms with van der Waals surface area (Å²) in [5, 5.41) is 15.2. The van der Waals surface area contributed by atoms with Gasteiger partial charge < -0.3 is 0 Å². The summed E-state index contributed by atoms with van der Waals surface area (Å²) in [6.07, 6.45) is 1.53. The Morgan fingerprint density at radius 1 is 1.17 bits per heavy atom. The topological polar surface area (TPSA) is 85.1 Å². The van der Waals surface area contributed by atoms with E-state index >= 15 is 0 Å². The van der Waals surface area contributed by atoms with Crippen molar-refractivity contribution in [1.29, 1.82) is 0 Å². The van der Waals surface area contributed by atoms with Crippen molar-refractivity contribution in [3.05, 3.63) is 69.6 Å². The molecule has 1 aromatic heterocycles. The van der Waals surface area contributed by atoms with Crippen LogP contribution in [0.5, 0.6) is 0 Å². The van der Waals surface area contributed by atoms with Crippen LogP contribution >= 0.6 is 22.6 Å². The molecule has 0 fully saturated rings. The van der Waals surface area contributed by atoms with Gasteiger partial charge in [-0.2, -0.15) is 5.10 Å². The predicted octanol–water partition coefficient (Wildman–Crippen LogP) is 2.42. The van der Waals surface area contributed by atoms with Crippen LogP contribution in [0.25, 0.3) is 5.69 Å². The summed E-state index contributed by atoms with van der Waals surface area (Å²) < 4.78 is 2.56. The Labute approximate surface area is 151 Å². The SMILES string of the molecule is C/C(=N\NC(=O)c1cccc(I)c1)c1ccc(-n2cnnn2)cc1. The second-order valence-corrected chi connectivity index (χ2v) is 6.20. The number of halogens is 1. The van der Waals surface area contributed by atoms with Crippen LogP contribution in [0.3, 0.4) is 0 Å². The third-order valence-electron chi connectivity index (χ3n) is 3.31. The molecule has 0 bridgehead atoms. The van der Waals surface area contributed by atoms with Crippen molar-refractivity contribution < 1.29 is 4.79 Å². The number of hydrogen-bond donors (Lipinski definition) is 1. The molecule has 7 nitrogen and oxygen atoms in total. The maximum Gasteiger partial charge on any atom is 0.271 e. The molecule has 0 saturated heterocycles. The van der Waals surface area contributed by atoms with Crippen molar-refractivity contribution in [2.45, 2.75) is 6.92 Å². The minimum atomic E-state index is -0.238. The van der Waals surface area contributed by atoms with E-state index in [1.807, 2.05) is 49.4 Å². The number of hydrogen-bond acceptors (Lipinski definition) is 5. The van der Waals surface area contributed by atoms with E-state index in [9.17, 15) is 4.79 Å². The molecule has 3 aromatic rings. The van der Waals surface area contributed by atoms with Gasteiger partial charge >= 0.3 is 0 Å². The zero-order chi connectivity index (χ0) is 16.9. The summed E-state index contributed by atoms with van der Waals surface area (Å²) in [4.78, 5) is 12.1. The quantitative estimate of drug-likeness (QED) is 0.390. The molecule has 0 aliphatic carbocycles. The first-order valence-electron chi connectivity index (χ1n) is 7.07. The standard InChI is InChI=1S/C16H13IN6O/c1-11(19-20-16(24)13-3-2-4-14(17)9-13)12-5-7-15(8-6-12)23-10-18-21-22-23/h2-10H,1H3,(H,20,24)/b19-11+. The van der Waals surface area contributed by atoms with Crippen LogP contribution in [-0.2, 0) is 0 Å². The van der Waals surface area contributed by atoms with Gasteiger partial charge in [0.2, 0.25) is 0 Å². The molecule has 1 amide bonds. The van der Waals surface area contributed by atoms with Gasteiger partial charge in [0.15, 0.2) is 0 Å². The Morgan fingerprint density at radius 2 is 1.96 bits per heavy atom. The molecule has 120 valence electrons. The first-order valence-corrected chi connectivity index (χ1v) is 8.15. The number of carbonyl (C=O) groups is 1. The minimum Gasteiger partial charge on any atom is -0.267 e. The molecule has 3 rings (SSSR count). The van der Waals surface area contributed by atoms with Gasteiger partial charge in [-0.15, -0.1) is 5.10 Å². The molecule has 0 aliphatic rings. The van der Waals surface area contributed by atoms with Crippen molar-refractivity contribution in [2.75, 3.05) is 0 Å². The number of rotatable bonds is 4. The zero-order valence-corrected chi connectivity index (χ0v) is 14.9. The number of nitrogens with one attached hydrogen (secondary N) is 1. The normalized spacial score (nSPS) is 11.3. The van der Waals surface area contributed by atoms with Gasteiger partial charge in [-0.25, -0.2) is 10.1 Å². The Balaban J connectivity index is 1.70. The Hall–Kier alpha value is -2.62. The summed E-state index contributed by atoms with van der Waals surface area (Å²) in [5.74, 6) is -0.238. The first-order chi connectivity index (χ1) is 11.6. The molecule has 0 saturated carbocycles. The highest BCUT2D eigenvalue weighted by molar-refractivity contribution is 14.1. The van der Waals surface area contributed by atoms with E-state index in [0.29, 0.717) is 11.3 Å². The van der Waals surface area contributed by atoms with Gasteiger partial charge in [0.25, 0.3) is 5.91 Å². The Bertz CT molecular complexity index is 874. The number of hydrazone groups is 1. The van der Waals surface area contributed by atoms with Gasteiger partial charge in [-0.3, -0.25) is 4.79 Å². The van der Waals surface area contributed by atoms with Crippen LogP contribution in [0.4, 0.5) is 0 Å².